The second-order valence-electron chi connectivity index (χ2n) is 6.47. The Balaban J connectivity index is 1.74. The van der Waals surface area contributed by atoms with Crippen molar-refractivity contribution in [3.05, 3.63) is 41.3 Å². The molecule has 0 saturated heterocycles. The first kappa shape index (κ1) is 17.4. The molecule has 3 heterocycles. The first-order chi connectivity index (χ1) is 12.0. The molecule has 0 bridgehead atoms. The normalized spacial score (nSPS) is 15.2. The lowest BCUT2D eigenvalue weighted by atomic mass is 10.2. The molecule has 3 rings (SSSR count). The number of amides is 1. The minimum absolute atomic E-state index is 0.0262. The number of carbonyl (C=O) groups excluding carboxylic acids is 1. The molecular weight excluding hydrogens is 320 g/mol. The van der Waals surface area contributed by atoms with Crippen LogP contribution < -0.4 is 5.32 Å². The maximum absolute atomic E-state index is 12.7. The number of nitrogens with one attached hydrogen (secondary N) is 1. The lowest BCUT2D eigenvalue weighted by Crippen LogP contribution is -2.38. The van der Waals surface area contributed by atoms with Crippen molar-refractivity contribution in [2.45, 2.75) is 19.2 Å². The number of aliphatic hydroxyl groups excluding tert-OH is 1. The maximum Gasteiger partial charge on any atom is 0.254 e. The van der Waals surface area contributed by atoms with E-state index < -0.39 is 6.10 Å². The molecule has 1 aliphatic rings. The fourth-order valence-electron chi connectivity index (χ4n) is 2.95. The van der Waals surface area contributed by atoms with Gasteiger partial charge in [0.25, 0.3) is 5.91 Å². The Bertz CT molecular complexity index is 757. The van der Waals surface area contributed by atoms with Crippen molar-refractivity contribution in [1.82, 2.24) is 24.6 Å². The van der Waals surface area contributed by atoms with Crippen LogP contribution in [0.2, 0.25) is 0 Å². The Labute approximate surface area is 147 Å². The highest BCUT2D eigenvalue weighted by molar-refractivity contribution is 5.94. The summed E-state index contributed by atoms with van der Waals surface area (Å²) in [5, 5.41) is 17.7. The van der Waals surface area contributed by atoms with Crippen LogP contribution in [0.4, 0.5) is 5.82 Å². The van der Waals surface area contributed by atoms with E-state index in [0.717, 1.165) is 5.69 Å². The van der Waals surface area contributed by atoms with Crippen LogP contribution in [0.15, 0.2) is 24.4 Å². The molecule has 1 unspecified atom stereocenters. The number of carbonyl (C=O) groups is 1. The van der Waals surface area contributed by atoms with Crippen LogP contribution in [0.25, 0.3) is 0 Å². The summed E-state index contributed by atoms with van der Waals surface area (Å²) in [5.41, 5.74) is 2.20. The van der Waals surface area contributed by atoms with Gasteiger partial charge in [-0.3, -0.25) is 9.48 Å². The van der Waals surface area contributed by atoms with Crippen molar-refractivity contribution < 1.29 is 9.90 Å². The van der Waals surface area contributed by atoms with Crippen molar-refractivity contribution in [3.63, 3.8) is 0 Å². The van der Waals surface area contributed by atoms with Crippen molar-refractivity contribution in [2.24, 2.45) is 0 Å². The quantitative estimate of drug-likeness (QED) is 0.825. The van der Waals surface area contributed by atoms with Gasteiger partial charge in [-0.2, -0.15) is 5.10 Å². The predicted molar refractivity (Wildman–Crippen MR) is 94.3 cm³/mol. The van der Waals surface area contributed by atoms with Gasteiger partial charge in [0.05, 0.1) is 24.5 Å². The molecule has 1 atom stereocenters. The molecule has 0 saturated carbocycles. The van der Waals surface area contributed by atoms with Gasteiger partial charge in [-0.15, -0.1) is 0 Å². The largest absolute Gasteiger partial charge is 0.385 e. The van der Waals surface area contributed by atoms with E-state index in [1.807, 2.05) is 29.7 Å². The van der Waals surface area contributed by atoms with E-state index in [0.29, 0.717) is 43.3 Å². The molecule has 2 aromatic rings. The molecule has 0 aliphatic carbocycles. The smallest absolute Gasteiger partial charge is 0.254 e. The number of hydrogen-bond acceptors (Lipinski definition) is 6. The summed E-state index contributed by atoms with van der Waals surface area (Å²) in [6.07, 6.45) is 0.999. The number of aliphatic hydroxyl groups is 1. The highest BCUT2D eigenvalue weighted by Gasteiger charge is 2.25. The third kappa shape index (κ3) is 3.80. The molecule has 1 amide bonds. The van der Waals surface area contributed by atoms with Crippen LogP contribution in [0.5, 0.6) is 0 Å². The Kier molecular flexibility index (Phi) is 5.00. The third-order valence-electron chi connectivity index (χ3n) is 4.25. The number of nitrogens with zero attached hydrogens (tertiary/aromatic N) is 5. The van der Waals surface area contributed by atoms with Gasteiger partial charge in [-0.25, -0.2) is 4.98 Å². The molecular formula is C17H24N6O2. The first-order valence-electron chi connectivity index (χ1n) is 8.30. The fraction of sp³-hybridized carbons (Fsp3) is 0.471. The molecule has 0 aromatic carbocycles. The standard InChI is InChI=1S/C17H24N6O2/c1-18-16-8-12(4-5-19-16)17(25)22-6-7-23-13(10-22)9-14(20-23)15(24)11-21(2)3/h4-5,8-9,15,24H,6-7,10-11H2,1-3H3,(H,18,19). The highest BCUT2D eigenvalue weighted by atomic mass is 16.3. The Morgan fingerprint density at radius 2 is 2.20 bits per heavy atom. The summed E-state index contributed by atoms with van der Waals surface area (Å²) in [4.78, 5) is 20.6. The van der Waals surface area contributed by atoms with Gasteiger partial charge < -0.3 is 20.2 Å². The molecule has 0 radical (unpaired) electrons. The number of rotatable bonds is 5. The average molecular weight is 344 g/mol. The van der Waals surface area contributed by atoms with Crippen LogP contribution in [0.3, 0.4) is 0 Å². The van der Waals surface area contributed by atoms with Gasteiger partial charge >= 0.3 is 0 Å². The minimum atomic E-state index is -0.629. The molecule has 8 nitrogen and oxygen atoms in total. The van der Waals surface area contributed by atoms with E-state index in [1.54, 1.807) is 30.3 Å². The van der Waals surface area contributed by atoms with Gasteiger partial charge in [0.2, 0.25) is 0 Å². The topological polar surface area (TPSA) is 86.5 Å². The number of aromatic nitrogens is 3. The van der Waals surface area contributed by atoms with Crippen LogP contribution in [-0.4, -0.2) is 69.8 Å². The fourth-order valence-corrected chi connectivity index (χ4v) is 2.95. The van der Waals surface area contributed by atoms with Gasteiger partial charge in [-0.05, 0) is 32.3 Å². The van der Waals surface area contributed by atoms with Crippen molar-refractivity contribution >= 4 is 11.7 Å². The van der Waals surface area contributed by atoms with Crippen molar-refractivity contribution in [2.75, 3.05) is 39.5 Å². The van der Waals surface area contributed by atoms with E-state index >= 15 is 0 Å². The van der Waals surface area contributed by atoms with E-state index in [2.05, 4.69) is 15.4 Å². The van der Waals surface area contributed by atoms with Gasteiger partial charge in [0.1, 0.15) is 11.9 Å². The van der Waals surface area contributed by atoms with E-state index in [1.165, 1.54) is 0 Å². The number of likely N-dealkylation sites (N-methyl/N-ethyl adjacent to an activating group) is 1. The third-order valence-corrected chi connectivity index (χ3v) is 4.25. The summed E-state index contributed by atoms with van der Waals surface area (Å²) in [5.74, 6) is 0.642. The maximum atomic E-state index is 12.7. The van der Waals surface area contributed by atoms with Crippen LogP contribution >= 0.6 is 0 Å². The Morgan fingerprint density at radius 3 is 2.92 bits per heavy atom. The van der Waals surface area contributed by atoms with Crippen molar-refractivity contribution in [1.29, 1.82) is 0 Å². The molecule has 8 heteroatoms. The highest BCUT2D eigenvalue weighted by Crippen LogP contribution is 2.20. The molecule has 1 aliphatic heterocycles. The summed E-state index contributed by atoms with van der Waals surface area (Å²) in [6.45, 7) is 2.22. The monoisotopic (exact) mass is 344 g/mol. The second kappa shape index (κ2) is 7.20. The Morgan fingerprint density at radius 1 is 1.40 bits per heavy atom. The zero-order valence-corrected chi connectivity index (χ0v) is 14.8. The molecule has 0 spiro atoms. The van der Waals surface area contributed by atoms with E-state index in [4.69, 9.17) is 0 Å². The number of hydrogen-bond donors (Lipinski definition) is 2. The number of pyridine rings is 1. The van der Waals surface area contributed by atoms with Gasteiger partial charge in [0, 0.05) is 31.9 Å². The van der Waals surface area contributed by atoms with Gasteiger partial charge in [-0.1, -0.05) is 0 Å². The lowest BCUT2D eigenvalue weighted by molar-refractivity contribution is 0.0705. The molecule has 2 N–H and O–H groups in total. The SMILES string of the molecule is CNc1cc(C(=O)N2CCn3nc(C(O)CN(C)C)cc3C2)ccn1. The minimum Gasteiger partial charge on any atom is -0.385 e. The number of anilines is 1. The first-order valence-corrected chi connectivity index (χ1v) is 8.30. The van der Waals surface area contributed by atoms with Crippen LogP contribution in [0.1, 0.15) is 27.8 Å². The van der Waals surface area contributed by atoms with Gasteiger partial charge in [0.15, 0.2) is 0 Å². The second-order valence-corrected chi connectivity index (χ2v) is 6.47. The van der Waals surface area contributed by atoms with E-state index in [-0.39, 0.29) is 5.91 Å². The van der Waals surface area contributed by atoms with Crippen LogP contribution in [0, 0.1) is 0 Å². The summed E-state index contributed by atoms with van der Waals surface area (Å²) in [7, 11) is 5.60. The molecule has 2 aromatic heterocycles. The molecule has 0 fully saturated rings. The average Bonchev–Trinajstić information content (AvgIpc) is 3.04. The molecule has 25 heavy (non-hydrogen) atoms. The lowest BCUT2D eigenvalue weighted by Gasteiger charge is -2.27. The van der Waals surface area contributed by atoms with Crippen LogP contribution in [-0.2, 0) is 13.1 Å². The Hall–Kier alpha value is -2.45. The van der Waals surface area contributed by atoms with Crippen molar-refractivity contribution in [3.8, 4) is 0 Å². The zero-order valence-electron chi connectivity index (χ0n) is 14.8. The molecule has 134 valence electrons. The summed E-state index contributed by atoms with van der Waals surface area (Å²) in [6, 6.07) is 5.36. The number of fused-ring (bicyclic) bond motifs is 1. The summed E-state index contributed by atoms with van der Waals surface area (Å²) < 4.78 is 1.88. The predicted octanol–water partition coefficient (Wildman–Crippen LogP) is 0.571. The summed E-state index contributed by atoms with van der Waals surface area (Å²) >= 11 is 0. The van der Waals surface area contributed by atoms with E-state index in [9.17, 15) is 9.90 Å². The zero-order chi connectivity index (χ0) is 18.0.